The number of halogens is 2. The number of nitrogens with zero attached hydrogens (tertiary/aromatic N) is 1. The van der Waals surface area contributed by atoms with Gasteiger partial charge in [-0.2, -0.15) is 0 Å². The van der Waals surface area contributed by atoms with E-state index >= 15 is 0 Å². The lowest BCUT2D eigenvalue weighted by Gasteiger charge is -2.17. The minimum absolute atomic E-state index is 0.250. The van der Waals surface area contributed by atoms with E-state index in [0.29, 0.717) is 40.9 Å². The van der Waals surface area contributed by atoms with E-state index < -0.39 is 5.97 Å². The standard InChI is InChI=1S/C18H19Cl2NO4/c1-11-16(18(23)25-3)13(17(22)21(11)7-4-8-24-2)9-12-5-6-14(19)15(20)10-12/h5-6,9-10H,4,7-8H2,1-3H3. The number of ether oxygens (including phenoxy) is 2. The second-order valence-electron chi connectivity index (χ2n) is 5.49. The number of allylic oxidation sites excluding steroid dienone is 1. The molecule has 0 spiro atoms. The van der Waals surface area contributed by atoms with Gasteiger partial charge in [0.15, 0.2) is 0 Å². The highest BCUT2D eigenvalue weighted by Gasteiger charge is 2.36. The second kappa shape index (κ2) is 8.52. The Bertz CT molecular complexity index is 755. The van der Waals surface area contributed by atoms with Gasteiger partial charge < -0.3 is 14.4 Å². The predicted octanol–water partition coefficient (Wildman–Crippen LogP) is 3.70. The molecule has 0 N–H and O–H groups in total. The molecule has 25 heavy (non-hydrogen) atoms. The average Bonchev–Trinajstić information content (AvgIpc) is 2.82. The molecule has 0 fully saturated rings. The first-order chi connectivity index (χ1) is 11.9. The summed E-state index contributed by atoms with van der Waals surface area (Å²) in [5, 5.41) is 0.793. The first-order valence-corrected chi connectivity index (χ1v) is 8.43. The van der Waals surface area contributed by atoms with Gasteiger partial charge in [0, 0.05) is 26.0 Å². The van der Waals surface area contributed by atoms with Crippen LogP contribution in [0, 0.1) is 0 Å². The Kier molecular flexibility index (Phi) is 6.64. The maximum Gasteiger partial charge on any atom is 0.340 e. The van der Waals surface area contributed by atoms with Crippen LogP contribution >= 0.6 is 23.2 Å². The third-order valence-corrected chi connectivity index (χ3v) is 4.62. The highest BCUT2D eigenvalue weighted by Crippen LogP contribution is 2.32. The largest absolute Gasteiger partial charge is 0.465 e. The average molecular weight is 384 g/mol. The molecule has 0 radical (unpaired) electrons. The number of amides is 1. The van der Waals surface area contributed by atoms with Crippen LogP contribution in [0.2, 0.25) is 10.0 Å². The molecular formula is C18H19Cl2NO4. The van der Waals surface area contributed by atoms with Crippen molar-refractivity contribution in [2.24, 2.45) is 0 Å². The van der Waals surface area contributed by atoms with Gasteiger partial charge in [-0.05, 0) is 37.1 Å². The predicted molar refractivity (Wildman–Crippen MR) is 97.4 cm³/mol. The van der Waals surface area contributed by atoms with Gasteiger partial charge in [-0.25, -0.2) is 4.79 Å². The van der Waals surface area contributed by atoms with Crippen LogP contribution in [0.15, 0.2) is 35.0 Å². The number of methoxy groups -OCH3 is 2. The molecule has 0 bridgehead atoms. The topological polar surface area (TPSA) is 55.8 Å². The second-order valence-corrected chi connectivity index (χ2v) is 6.30. The molecule has 0 atom stereocenters. The highest BCUT2D eigenvalue weighted by molar-refractivity contribution is 6.42. The van der Waals surface area contributed by atoms with Crippen LogP contribution in [0.3, 0.4) is 0 Å². The van der Waals surface area contributed by atoms with Crippen molar-refractivity contribution in [2.45, 2.75) is 13.3 Å². The number of rotatable bonds is 6. The van der Waals surface area contributed by atoms with E-state index in [4.69, 9.17) is 32.7 Å². The SMILES string of the molecule is COCCCN1C(=O)C(=Cc2ccc(Cl)c(Cl)c2)C(C(=O)OC)=C1C. The molecule has 134 valence electrons. The van der Waals surface area contributed by atoms with Crippen molar-refractivity contribution in [3.63, 3.8) is 0 Å². The fourth-order valence-electron chi connectivity index (χ4n) is 2.63. The van der Waals surface area contributed by atoms with E-state index in [2.05, 4.69) is 0 Å². The normalized spacial score (nSPS) is 16.1. The number of esters is 1. The zero-order chi connectivity index (χ0) is 18.6. The van der Waals surface area contributed by atoms with Gasteiger partial charge >= 0.3 is 5.97 Å². The minimum Gasteiger partial charge on any atom is -0.465 e. The maximum absolute atomic E-state index is 12.8. The number of carbonyl (C=O) groups excluding carboxylic acids is 2. The fourth-order valence-corrected chi connectivity index (χ4v) is 2.94. The lowest BCUT2D eigenvalue weighted by atomic mass is 10.0. The first kappa shape index (κ1) is 19.5. The van der Waals surface area contributed by atoms with Crippen LogP contribution in [-0.2, 0) is 19.1 Å². The molecular weight excluding hydrogens is 365 g/mol. The Morgan fingerprint density at radius 3 is 2.56 bits per heavy atom. The van der Waals surface area contributed by atoms with Crippen molar-refractivity contribution < 1.29 is 19.1 Å². The molecule has 1 heterocycles. The summed E-state index contributed by atoms with van der Waals surface area (Å²) in [6.07, 6.45) is 2.28. The Labute approximate surface area is 156 Å². The van der Waals surface area contributed by atoms with Crippen LogP contribution in [-0.4, -0.2) is 44.1 Å². The summed E-state index contributed by atoms with van der Waals surface area (Å²) in [5.41, 5.74) is 1.78. The Balaban J connectivity index is 2.43. The van der Waals surface area contributed by atoms with Gasteiger partial charge in [0.05, 0.1) is 28.3 Å². The summed E-state index contributed by atoms with van der Waals surface area (Å²) in [6, 6.07) is 5.01. The van der Waals surface area contributed by atoms with E-state index in [1.54, 1.807) is 43.2 Å². The summed E-state index contributed by atoms with van der Waals surface area (Å²) in [4.78, 5) is 26.6. The van der Waals surface area contributed by atoms with Gasteiger partial charge in [-0.15, -0.1) is 0 Å². The quantitative estimate of drug-likeness (QED) is 0.426. The molecule has 0 aromatic heterocycles. The van der Waals surface area contributed by atoms with Crippen LogP contribution in [0.1, 0.15) is 18.9 Å². The number of benzene rings is 1. The number of hydrogen-bond acceptors (Lipinski definition) is 4. The van der Waals surface area contributed by atoms with Crippen LogP contribution in [0.4, 0.5) is 0 Å². The smallest absolute Gasteiger partial charge is 0.340 e. The van der Waals surface area contributed by atoms with Crippen LogP contribution in [0.25, 0.3) is 6.08 Å². The summed E-state index contributed by atoms with van der Waals surface area (Å²) in [7, 11) is 2.89. The van der Waals surface area contributed by atoms with Gasteiger partial charge in [0.1, 0.15) is 0 Å². The fraction of sp³-hybridized carbons (Fsp3) is 0.333. The van der Waals surface area contributed by atoms with Crippen molar-refractivity contribution in [3.05, 3.63) is 50.7 Å². The van der Waals surface area contributed by atoms with Crippen LogP contribution in [0.5, 0.6) is 0 Å². The monoisotopic (exact) mass is 383 g/mol. The molecule has 1 aliphatic rings. The van der Waals surface area contributed by atoms with Crippen LogP contribution < -0.4 is 0 Å². The van der Waals surface area contributed by atoms with E-state index in [0.717, 1.165) is 0 Å². The number of carbonyl (C=O) groups is 2. The van der Waals surface area contributed by atoms with Gasteiger partial charge in [0.25, 0.3) is 5.91 Å². The van der Waals surface area contributed by atoms with Crippen molar-refractivity contribution in [3.8, 4) is 0 Å². The maximum atomic E-state index is 12.8. The zero-order valence-corrected chi connectivity index (χ0v) is 15.8. The summed E-state index contributed by atoms with van der Waals surface area (Å²) in [6.45, 7) is 2.71. The molecule has 0 aliphatic carbocycles. The summed E-state index contributed by atoms with van der Waals surface area (Å²) < 4.78 is 9.88. The van der Waals surface area contributed by atoms with E-state index in [9.17, 15) is 9.59 Å². The molecule has 0 unspecified atom stereocenters. The Hall–Kier alpha value is -1.82. The molecule has 1 aromatic carbocycles. The molecule has 0 saturated carbocycles. The van der Waals surface area contributed by atoms with Gasteiger partial charge in [0.2, 0.25) is 0 Å². The van der Waals surface area contributed by atoms with E-state index in [1.807, 2.05) is 0 Å². The lowest BCUT2D eigenvalue weighted by Crippen LogP contribution is -2.26. The van der Waals surface area contributed by atoms with Crippen molar-refractivity contribution in [1.29, 1.82) is 0 Å². The van der Waals surface area contributed by atoms with E-state index in [1.165, 1.54) is 7.11 Å². The summed E-state index contributed by atoms with van der Waals surface area (Å²) >= 11 is 12.0. The molecule has 1 aliphatic heterocycles. The molecule has 7 heteroatoms. The molecule has 5 nitrogen and oxygen atoms in total. The molecule has 2 rings (SSSR count). The number of hydrogen-bond donors (Lipinski definition) is 0. The summed E-state index contributed by atoms with van der Waals surface area (Å²) in [5.74, 6) is -0.800. The lowest BCUT2D eigenvalue weighted by molar-refractivity contribution is -0.136. The minimum atomic E-state index is -0.550. The molecule has 1 aromatic rings. The third kappa shape index (κ3) is 4.24. The Morgan fingerprint density at radius 2 is 1.96 bits per heavy atom. The molecule has 0 saturated heterocycles. The zero-order valence-electron chi connectivity index (χ0n) is 14.3. The third-order valence-electron chi connectivity index (χ3n) is 3.89. The van der Waals surface area contributed by atoms with Gasteiger partial charge in [-0.1, -0.05) is 29.3 Å². The van der Waals surface area contributed by atoms with E-state index in [-0.39, 0.29) is 17.1 Å². The van der Waals surface area contributed by atoms with Crippen molar-refractivity contribution in [1.82, 2.24) is 4.90 Å². The highest BCUT2D eigenvalue weighted by atomic mass is 35.5. The van der Waals surface area contributed by atoms with Crippen molar-refractivity contribution in [2.75, 3.05) is 27.4 Å². The Morgan fingerprint density at radius 1 is 1.24 bits per heavy atom. The first-order valence-electron chi connectivity index (χ1n) is 7.67. The van der Waals surface area contributed by atoms with Gasteiger partial charge in [-0.3, -0.25) is 4.79 Å². The molecule has 1 amide bonds. The van der Waals surface area contributed by atoms with Crippen molar-refractivity contribution >= 4 is 41.2 Å².